The summed E-state index contributed by atoms with van der Waals surface area (Å²) in [4.78, 5) is 21.0. The number of aryl methyl sites for hydroxylation is 1. The molecule has 130 valence electrons. The highest BCUT2D eigenvalue weighted by molar-refractivity contribution is 5.79. The second-order valence-electron chi connectivity index (χ2n) is 5.57. The number of fused-ring (bicyclic) bond motifs is 1. The van der Waals surface area contributed by atoms with Gasteiger partial charge in [0.2, 0.25) is 0 Å². The second kappa shape index (κ2) is 5.87. The molecule has 0 saturated carbocycles. The summed E-state index contributed by atoms with van der Waals surface area (Å²) in [6, 6.07) is 6.18. The largest absolute Gasteiger partial charge is 0.417 e. The van der Waals surface area contributed by atoms with Crippen molar-refractivity contribution in [3.05, 3.63) is 60.3 Å². The van der Waals surface area contributed by atoms with Gasteiger partial charge in [-0.15, -0.1) is 0 Å². The van der Waals surface area contributed by atoms with Gasteiger partial charge < -0.3 is 0 Å². The highest BCUT2D eigenvalue weighted by atomic mass is 19.4. The molecule has 0 fully saturated rings. The van der Waals surface area contributed by atoms with Crippen molar-refractivity contribution in [2.24, 2.45) is 0 Å². The van der Waals surface area contributed by atoms with Crippen LogP contribution in [0.3, 0.4) is 0 Å². The minimum Gasteiger partial charge on any atom is -0.257 e. The van der Waals surface area contributed by atoms with Crippen LogP contribution in [0.1, 0.15) is 11.3 Å². The first-order chi connectivity index (χ1) is 12.4. The van der Waals surface area contributed by atoms with E-state index in [4.69, 9.17) is 0 Å². The maximum absolute atomic E-state index is 13.0. The number of hydrogen-bond donors (Lipinski definition) is 0. The number of nitrogens with zero attached hydrogens (tertiary/aromatic N) is 6. The molecular formula is C17H11F3N6. The summed E-state index contributed by atoms with van der Waals surface area (Å²) in [5.41, 5.74) is 0.683. The van der Waals surface area contributed by atoms with Crippen LogP contribution >= 0.6 is 0 Å². The Morgan fingerprint density at radius 3 is 2.46 bits per heavy atom. The number of alkyl halides is 3. The zero-order valence-corrected chi connectivity index (χ0v) is 13.4. The molecule has 0 amide bonds. The minimum atomic E-state index is -4.50. The van der Waals surface area contributed by atoms with Crippen molar-refractivity contribution >= 4 is 11.2 Å². The van der Waals surface area contributed by atoms with Gasteiger partial charge in [0.15, 0.2) is 17.3 Å². The maximum Gasteiger partial charge on any atom is 0.417 e. The summed E-state index contributed by atoms with van der Waals surface area (Å²) in [5, 5.41) is 0. The third kappa shape index (κ3) is 2.77. The van der Waals surface area contributed by atoms with Gasteiger partial charge >= 0.3 is 6.18 Å². The Balaban J connectivity index is 2.01. The maximum atomic E-state index is 13.0. The smallest absolute Gasteiger partial charge is 0.257 e. The molecular weight excluding hydrogens is 345 g/mol. The van der Waals surface area contributed by atoms with E-state index < -0.39 is 11.7 Å². The molecule has 0 radical (unpaired) electrons. The van der Waals surface area contributed by atoms with Gasteiger partial charge in [-0.25, -0.2) is 15.0 Å². The van der Waals surface area contributed by atoms with Crippen LogP contribution in [0.2, 0.25) is 0 Å². The molecule has 0 N–H and O–H groups in total. The first-order valence-electron chi connectivity index (χ1n) is 7.59. The molecule has 0 saturated heterocycles. The van der Waals surface area contributed by atoms with Crippen LogP contribution in [-0.4, -0.2) is 29.5 Å². The van der Waals surface area contributed by atoms with Gasteiger partial charge in [-0.1, -0.05) is 6.07 Å². The van der Waals surface area contributed by atoms with Crippen molar-refractivity contribution in [3.8, 4) is 17.3 Å². The predicted molar refractivity (Wildman–Crippen MR) is 87.4 cm³/mol. The van der Waals surface area contributed by atoms with Crippen LogP contribution in [0.4, 0.5) is 13.2 Å². The fraction of sp³-hybridized carbons (Fsp3) is 0.118. The topological polar surface area (TPSA) is 69.4 Å². The van der Waals surface area contributed by atoms with Crippen molar-refractivity contribution in [1.82, 2.24) is 29.5 Å². The lowest BCUT2D eigenvalue weighted by Gasteiger charge is -2.08. The van der Waals surface area contributed by atoms with Crippen LogP contribution in [0.25, 0.3) is 28.5 Å². The van der Waals surface area contributed by atoms with Crippen LogP contribution in [0.15, 0.2) is 49.1 Å². The number of hydrogen-bond acceptors (Lipinski definition) is 5. The Morgan fingerprint density at radius 1 is 0.962 bits per heavy atom. The lowest BCUT2D eigenvalue weighted by Crippen LogP contribution is -2.06. The van der Waals surface area contributed by atoms with E-state index in [0.717, 1.165) is 12.3 Å². The molecule has 0 aliphatic heterocycles. The molecule has 0 aromatic carbocycles. The van der Waals surface area contributed by atoms with Crippen molar-refractivity contribution < 1.29 is 13.2 Å². The molecule has 9 heteroatoms. The number of aromatic nitrogens is 6. The molecule has 0 atom stereocenters. The molecule has 0 spiro atoms. The van der Waals surface area contributed by atoms with E-state index >= 15 is 0 Å². The Bertz CT molecular complexity index is 1070. The van der Waals surface area contributed by atoms with Gasteiger partial charge in [-0.2, -0.15) is 13.2 Å². The van der Waals surface area contributed by atoms with E-state index in [9.17, 15) is 13.2 Å². The summed E-state index contributed by atoms with van der Waals surface area (Å²) >= 11 is 0. The van der Waals surface area contributed by atoms with Crippen LogP contribution in [-0.2, 0) is 6.18 Å². The van der Waals surface area contributed by atoms with Gasteiger partial charge in [0.25, 0.3) is 0 Å². The Morgan fingerprint density at radius 2 is 1.81 bits per heavy atom. The fourth-order valence-corrected chi connectivity index (χ4v) is 2.51. The lowest BCUT2D eigenvalue weighted by atomic mass is 10.2. The third-order valence-electron chi connectivity index (χ3n) is 3.71. The van der Waals surface area contributed by atoms with E-state index in [0.29, 0.717) is 23.0 Å². The molecule has 6 nitrogen and oxygen atoms in total. The molecule has 0 aliphatic rings. The number of halogens is 3. The van der Waals surface area contributed by atoms with Gasteiger partial charge in [-0.3, -0.25) is 14.5 Å². The summed E-state index contributed by atoms with van der Waals surface area (Å²) in [6.45, 7) is 1.79. The highest BCUT2D eigenvalue weighted by Gasteiger charge is 2.32. The average Bonchev–Trinajstić information content (AvgIpc) is 3.01. The monoisotopic (exact) mass is 356 g/mol. The normalized spacial score (nSPS) is 11.8. The Kier molecular flexibility index (Phi) is 3.64. The first-order valence-corrected chi connectivity index (χ1v) is 7.59. The van der Waals surface area contributed by atoms with Crippen LogP contribution < -0.4 is 0 Å². The van der Waals surface area contributed by atoms with Crippen LogP contribution in [0, 0.1) is 6.92 Å². The molecule has 26 heavy (non-hydrogen) atoms. The summed E-state index contributed by atoms with van der Waals surface area (Å²) in [6.07, 6.45) is 0.939. The predicted octanol–water partition coefficient (Wildman–Crippen LogP) is 3.60. The Hall–Kier alpha value is -3.36. The van der Waals surface area contributed by atoms with Crippen molar-refractivity contribution in [2.45, 2.75) is 13.1 Å². The van der Waals surface area contributed by atoms with Crippen molar-refractivity contribution in [1.29, 1.82) is 0 Å². The first kappa shape index (κ1) is 16.1. The average molecular weight is 356 g/mol. The van der Waals surface area contributed by atoms with Gasteiger partial charge in [0.1, 0.15) is 11.2 Å². The number of rotatable bonds is 2. The standard InChI is InChI=1S/C17H11F3N6/c1-10-7-23-14(9-22-10)26-15-13(6-11(8-24-15)17(18,19)20)25-16(26)12-4-2-3-5-21-12/h2-9H,1H3. The van der Waals surface area contributed by atoms with Gasteiger partial charge in [0.05, 0.1) is 23.7 Å². The Labute approximate surface area is 145 Å². The minimum absolute atomic E-state index is 0.0999. The van der Waals surface area contributed by atoms with E-state index in [-0.39, 0.29) is 11.2 Å². The summed E-state index contributed by atoms with van der Waals surface area (Å²) in [7, 11) is 0. The second-order valence-corrected chi connectivity index (χ2v) is 5.57. The lowest BCUT2D eigenvalue weighted by molar-refractivity contribution is -0.137. The van der Waals surface area contributed by atoms with Gasteiger partial charge in [0, 0.05) is 12.4 Å². The fourth-order valence-electron chi connectivity index (χ4n) is 2.51. The molecule has 4 heterocycles. The molecule has 4 aromatic heterocycles. The van der Waals surface area contributed by atoms with Crippen molar-refractivity contribution in [3.63, 3.8) is 0 Å². The zero-order valence-electron chi connectivity index (χ0n) is 13.4. The highest BCUT2D eigenvalue weighted by Crippen LogP contribution is 2.32. The number of pyridine rings is 2. The van der Waals surface area contributed by atoms with Crippen molar-refractivity contribution in [2.75, 3.05) is 0 Å². The molecule has 4 rings (SSSR count). The third-order valence-corrected chi connectivity index (χ3v) is 3.71. The SMILES string of the molecule is Cc1cnc(-n2c(-c3ccccn3)nc3cc(C(F)(F)F)cnc32)cn1. The van der Waals surface area contributed by atoms with E-state index in [1.54, 1.807) is 42.1 Å². The summed E-state index contributed by atoms with van der Waals surface area (Å²) < 4.78 is 40.6. The molecule has 4 aromatic rings. The van der Waals surface area contributed by atoms with Gasteiger partial charge in [-0.05, 0) is 25.1 Å². The summed E-state index contributed by atoms with van der Waals surface area (Å²) in [5.74, 6) is 0.733. The van der Waals surface area contributed by atoms with E-state index in [1.165, 1.54) is 6.20 Å². The number of imidazole rings is 1. The molecule has 0 unspecified atom stereocenters. The van der Waals surface area contributed by atoms with E-state index in [1.807, 2.05) is 0 Å². The van der Waals surface area contributed by atoms with Crippen LogP contribution in [0.5, 0.6) is 0 Å². The zero-order chi connectivity index (χ0) is 18.3. The quantitative estimate of drug-likeness (QED) is 0.549. The van der Waals surface area contributed by atoms with E-state index in [2.05, 4.69) is 24.9 Å². The molecule has 0 bridgehead atoms. The molecule has 0 aliphatic carbocycles.